The van der Waals surface area contributed by atoms with Crippen LogP contribution in [0.1, 0.15) is 26.3 Å². The van der Waals surface area contributed by atoms with Crippen molar-refractivity contribution < 1.29 is 14.3 Å². The highest BCUT2D eigenvalue weighted by Gasteiger charge is 2.18. The van der Waals surface area contributed by atoms with E-state index >= 15 is 0 Å². The highest BCUT2D eigenvalue weighted by molar-refractivity contribution is 6.15. The second-order valence-corrected chi connectivity index (χ2v) is 4.78. The predicted molar refractivity (Wildman–Crippen MR) is 83.0 cm³/mol. The van der Waals surface area contributed by atoms with Gasteiger partial charge >= 0.3 is 5.97 Å². The minimum Gasteiger partial charge on any atom is -0.465 e. The van der Waals surface area contributed by atoms with Crippen LogP contribution in [0.5, 0.6) is 0 Å². The summed E-state index contributed by atoms with van der Waals surface area (Å²) in [7, 11) is 1.29. The third kappa shape index (κ3) is 2.46. The number of rotatable bonds is 3. The van der Waals surface area contributed by atoms with Crippen molar-refractivity contribution in [3.63, 3.8) is 0 Å². The third-order valence-corrected chi connectivity index (χ3v) is 3.43. The number of hydrogen-bond acceptors (Lipinski definition) is 4. The molecule has 0 saturated heterocycles. The molecule has 3 aromatic rings. The standard InChI is InChI=1S/C18H13NO3/c1-22-18(21)15-8-4-3-7-14(15)17(20)13-10-12-6-2-5-9-16(12)19-11-13/h2-11H,1H3. The Hall–Kier alpha value is -3.01. The van der Waals surface area contributed by atoms with E-state index in [1.807, 2.05) is 24.3 Å². The Morgan fingerprint density at radius 3 is 2.41 bits per heavy atom. The number of carbonyl (C=O) groups is 2. The number of ketones is 1. The van der Waals surface area contributed by atoms with E-state index in [1.165, 1.54) is 13.3 Å². The topological polar surface area (TPSA) is 56.3 Å². The van der Waals surface area contributed by atoms with Crippen LogP contribution in [0.4, 0.5) is 0 Å². The van der Waals surface area contributed by atoms with E-state index in [9.17, 15) is 9.59 Å². The molecule has 4 heteroatoms. The maximum Gasteiger partial charge on any atom is 0.338 e. The number of fused-ring (bicyclic) bond motifs is 1. The van der Waals surface area contributed by atoms with Gasteiger partial charge in [0.05, 0.1) is 18.2 Å². The number of methoxy groups -OCH3 is 1. The van der Waals surface area contributed by atoms with Gasteiger partial charge in [-0.2, -0.15) is 0 Å². The molecule has 0 fully saturated rings. The van der Waals surface area contributed by atoms with Crippen molar-refractivity contribution in [1.29, 1.82) is 0 Å². The maximum absolute atomic E-state index is 12.7. The average molecular weight is 291 g/mol. The lowest BCUT2D eigenvalue weighted by Gasteiger charge is -2.07. The maximum atomic E-state index is 12.7. The number of nitrogens with zero attached hydrogens (tertiary/aromatic N) is 1. The Labute approximate surface area is 127 Å². The van der Waals surface area contributed by atoms with Crippen LogP contribution in [-0.2, 0) is 4.74 Å². The van der Waals surface area contributed by atoms with Crippen molar-refractivity contribution >= 4 is 22.7 Å². The van der Waals surface area contributed by atoms with Gasteiger partial charge in [0.15, 0.2) is 5.78 Å². The Morgan fingerprint density at radius 1 is 0.955 bits per heavy atom. The summed E-state index contributed by atoms with van der Waals surface area (Å²) in [5, 5.41) is 0.879. The quantitative estimate of drug-likeness (QED) is 0.549. The van der Waals surface area contributed by atoms with Crippen LogP contribution in [0, 0.1) is 0 Å². The van der Waals surface area contributed by atoms with Gasteiger partial charge < -0.3 is 4.74 Å². The highest BCUT2D eigenvalue weighted by Crippen LogP contribution is 2.18. The molecule has 2 aromatic carbocycles. The molecular formula is C18H13NO3. The zero-order valence-corrected chi connectivity index (χ0v) is 11.9. The van der Waals surface area contributed by atoms with E-state index in [0.717, 1.165) is 10.9 Å². The van der Waals surface area contributed by atoms with Gasteiger partial charge in [0.1, 0.15) is 0 Å². The van der Waals surface area contributed by atoms with E-state index < -0.39 is 5.97 Å². The molecule has 0 saturated carbocycles. The molecule has 4 nitrogen and oxygen atoms in total. The van der Waals surface area contributed by atoms with Crippen LogP contribution in [-0.4, -0.2) is 23.8 Å². The number of carbonyl (C=O) groups excluding carboxylic acids is 2. The summed E-state index contributed by atoms with van der Waals surface area (Å²) in [6.45, 7) is 0. The van der Waals surface area contributed by atoms with Gasteiger partial charge in [-0.25, -0.2) is 4.79 Å². The first-order valence-corrected chi connectivity index (χ1v) is 6.77. The summed E-state index contributed by atoms with van der Waals surface area (Å²) >= 11 is 0. The number of esters is 1. The lowest BCUT2D eigenvalue weighted by Crippen LogP contribution is -2.11. The first kappa shape index (κ1) is 13.9. The second-order valence-electron chi connectivity index (χ2n) is 4.78. The summed E-state index contributed by atoms with van der Waals surface area (Å²) in [4.78, 5) is 28.8. The molecule has 1 heterocycles. The molecule has 1 aromatic heterocycles. The predicted octanol–water partition coefficient (Wildman–Crippen LogP) is 3.25. The minimum absolute atomic E-state index is 0.251. The molecule has 0 aliphatic carbocycles. The minimum atomic E-state index is -0.530. The Morgan fingerprint density at radius 2 is 1.64 bits per heavy atom. The van der Waals surface area contributed by atoms with E-state index in [0.29, 0.717) is 11.1 Å². The van der Waals surface area contributed by atoms with Gasteiger partial charge in [0.2, 0.25) is 0 Å². The van der Waals surface area contributed by atoms with Crippen LogP contribution >= 0.6 is 0 Å². The lowest BCUT2D eigenvalue weighted by molar-refractivity contribution is 0.0597. The van der Waals surface area contributed by atoms with Crippen molar-refractivity contribution in [1.82, 2.24) is 4.98 Å². The monoisotopic (exact) mass is 291 g/mol. The van der Waals surface area contributed by atoms with Crippen LogP contribution in [0.3, 0.4) is 0 Å². The Kier molecular flexibility index (Phi) is 3.66. The first-order chi connectivity index (χ1) is 10.7. The molecule has 3 rings (SSSR count). The van der Waals surface area contributed by atoms with Gasteiger partial charge in [-0.05, 0) is 18.2 Å². The first-order valence-electron chi connectivity index (χ1n) is 6.77. The fourth-order valence-corrected chi connectivity index (χ4v) is 2.32. The largest absolute Gasteiger partial charge is 0.465 e. The Bertz CT molecular complexity index is 871. The van der Waals surface area contributed by atoms with Gasteiger partial charge in [0, 0.05) is 22.7 Å². The molecule has 0 atom stereocenters. The zero-order chi connectivity index (χ0) is 15.5. The van der Waals surface area contributed by atoms with Gasteiger partial charge in [-0.15, -0.1) is 0 Å². The number of ether oxygens (including phenoxy) is 1. The molecule has 0 radical (unpaired) electrons. The van der Waals surface area contributed by atoms with Crippen molar-refractivity contribution in [3.8, 4) is 0 Å². The fraction of sp³-hybridized carbons (Fsp3) is 0.0556. The molecule has 0 aliphatic heterocycles. The number of aromatic nitrogens is 1. The van der Waals surface area contributed by atoms with Gasteiger partial charge in [0.25, 0.3) is 0 Å². The average Bonchev–Trinajstić information content (AvgIpc) is 2.60. The summed E-state index contributed by atoms with van der Waals surface area (Å²) < 4.78 is 4.73. The van der Waals surface area contributed by atoms with Gasteiger partial charge in [-0.3, -0.25) is 9.78 Å². The van der Waals surface area contributed by atoms with Crippen molar-refractivity contribution in [2.24, 2.45) is 0 Å². The molecular weight excluding hydrogens is 278 g/mol. The number of pyridine rings is 1. The normalized spacial score (nSPS) is 10.4. The summed E-state index contributed by atoms with van der Waals surface area (Å²) in [6, 6.07) is 15.9. The molecule has 0 N–H and O–H groups in total. The molecule has 0 amide bonds. The number of hydrogen-bond donors (Lipinski definition) is 0. The molecule has 22 heavy (non-hydrogen) atoms. The SMILES string of the molecule is COC(=O)c1ccccc1C(=O)c1cnc2ccccc2c1. The summed E-state index contributed by atoms with van der Waals surface area (Å²) in [5.41, 5.74) is 1.82. The fourth-order valence-electron chi connectivity index (χ4n) is 2.32. The molecule has 0 bridgehead atoms. The van der Waals surface area contributed by atoms with E-state index in [2.05, 4.69) is 4.98 Å². The third-order valence-electron chi connectivity index (χ3n) is 3.43. The van der Waals surface area contributed by atoms with E-state index in [4.69, 9.17) is 4.74 Å². The second kappa shape index (κ2) is 5.77. The molecule has 0 aliphatic rings. The van der Waals surface area contributed by atoms with E-state index in [1.54, 1.807) is 30.3 Å². The van der Waals surface area contributed by atoms with Crippen molar-refractivity contribution in [2.75, 3.05) is 7.11 Å². The molecule has 108 valence electrons. The Balaban J connectivity index is 2.08. The molecule has 0 unspecified atom stereocenters. The summed E-state index contributed by atoms with van der Waals surface area (Å²) in [5.74, 6) is -0.781. The van der Waals surface area contributed by atoms with Gasteiger partial charge in [-0.1, -0.05) is 36.4 Å². The highest BCUT2D eigenvalue weighted by atomic mass is 16.5. The summed E-state index contributed by atoms with van der Waals surface area (Å²) in [6.07, 6.45) is 1.53. The smallest absolute Gasteiger partial charge is 0.338 e. The van der Waals surface area contributed by atoms with Crippen LogP contribution < -0.4 is 0 Å². The molecule has 0 spiro atoms. The van der Waals surface area contributed by atoms with E-state index in [-0.39, 0.29) is 11.3 Å². The van der Waals surface area contributed by atoms with Crippen molar-refractivity contribution in [3.05, 3.63) is 77.5 Å². The lowest BCUT2D eigenvalue weighted by atomic mass is 9.98. The van der Waals surface area contributed by atoms with Crippen LogP contribution in [0.25, 0.3) is 10.9 Å². The zero-order valence-electron chi connectivity index (χ0n) is 11.9. The number of para-hydroxylation sites is 1. The number of benzene rings is 2. The van der Waals surface area contributed by atoms with Crippen LogP contribution in [0.2, 0.25) is 0 Å². The van der Waals surface area contributed by atoms with Crippen LogP contribution in [0.15, 0.2) is 60.8 Å². The van der Waals surface area contributed by atoms with Crippen molar-refractivity contribution in [2.45, 2.75) is 0 Å².